The van der Waals surface area contributed by atoms with Crippen molar-refractivity contribution in [3.05, 3.63) is 57.4 Å². The van der Waals surface area contributed by atoms with E-state index in [1.54, 1.807) is 30.3 Å². The van der Waals surface area contributed by atoms with Crippen molar-refractivity contribution in [2.75, 3.05) is 18.5 Å². The number of halogens is 2. The Labute approximate surface area is 226 Å². The maximum atomic E-state index is 14.3. The van der Waals surface area contributed by atoms with E-state index >= 15 is 0 Å². The van der Waals surface area contributed by atoms with Gasteiger partial charge < -0.3 is 25.8 Å². The molecule has 7 nitrogen and oxygen atoms in total. The van der Waals surface area contributed by atoms with Gasteiger partial charge in [-0.3, -0.25) is 9.59 Å². The maximum absolute atomic E-state index is 14.3. The second-order valence-electron chi connectivity index (χ2n) is 10.8. The number of nitrogens with two attached hydrogens (primary N) is 1. The van der Waals surface area contributed by atoms with Gasteiger partial charge in [-0.05, 0) is 91.1 Å². The van der Waals surface area contributed by atoms with Crippen molar-refractivity contribution >= 4 is 40.1 Å². The van der Waals surface area contributed by atoms with E-state index in [-0.39, 0.29) is 16.7 Å². The molecular formula is C27H37FIN3O4. The molecule has 0 heterocycles. The fourth-order valence-corrected chi connectivity index (χ4v) is 3.78. The number of hydrogen-bond acceptors (Lipinski definition) is 5. The number of carbonyl (C=O) groups is 2. The summed E-state index contributed by atoms with van der Waals surface area (Å²) in [5, 5.41) is 5.33. The number of hydrogen-bond donors (Lipinski definition) is 3. The third-order valence-electron chi connectivity index (χ3n) is 5.05. The molecule has 0 aliphatic rings. The van der Waals surface area contributed by atoms with Crippen LogP contribution in [0.1, 0.15) is 59.6 Å². The first kappa shape index (κ1) is 30.0. The molecule has 2 aromatic carbocycles. The van der Waals surface area contributed by atoms with Crippen molar-refractivity contribution in [2.45, 2.75) is 65.6 Å². The molecule has 0 aromatic heterocycles. The van der Waals surface area contributed by atoms with E-state index in [4.69, 9.17) is 15.2 Å². The first-order chi connectivity index (χ1) is 16.6. The van der Waals surface area contributed by atoms with E-state index in [1.807, 2.05) is 64.1 Å². The highest BCUT2D eigenvalue weighted by atomic mass is 127. The van der Waals surface area contributed by atoms with Crippen LogP contribution >= 0.6 is 22.6 Å². The molecule has 2 atom stereocenters. The SMILES string of the molecule is CC(C)(C)C[C@H](NC(=O)[C@H](N)c1ccc(OCCOC(C)(C)C)cc1)C(=O)Nc1ccc(I)cc1F. The predicted molar refractivity (Wildman–Crippen MR) is 148 cm³/mol. The van der Waals surface area contributed by atoms with E-state index in [1.165, 1.54) is 12.1 Å². The van der Waals surface area contributed by atoms with Crippen molar-refractivity contribution in [1.82, 2.24) is 5.32 Å². The van der Waals surface area contributed by atoms with E-state index in [2.05, 4.69) is 10.6 Å². The lowest BCUT2D eigenvalue weighted by molar-refractivity contribution is -0.128. The normalized spacial score (nSPS) is 13.6. The molecule has 0 saturated carbocycles. The van der Waals surface area contributed by atoms with Crippen LogP contribution in [0, 0.1) is 14.8 Å². The van der Waals surface area contributed by atoms with Gasteiger partial charge in [0.2, 0.25) is 11.8 Å². The van der Waals surface area contributed by atoms with Crippen LogP contribution in [0.2, 0.25) is 0 Å². The van der Waals surface area contributed by atoms with Gasteiger partial charge in [-0.1, -0.05) is 32.9 Å². The molecule has 2 amide bonds. The molecule has 36 heavy (non-hydrogen) atoms. The molecule has 4 N–H and O–H groups in total. The van der Waals surface area contributed by atoms with Crippen LogP contribution in [0.5, 0.6) is 5.75 Å². The molecule has 0 radical (unpaired) electrons. The summed E-state index contributed by atoms with van der Waals surface area (Å²) in [6, 6.07) is 9.52. The predicted octanol–water partition coefficient (Wildman–Crippen LogP) is 5.18. The summed E-state index contributed by atoms with van der Waals surface area (Å²) < 4.78 is 26.3. The zero-order chi connectivity index (χ0) is 27.1. The minimum atomic E-state index is -0.992. The van der Waals surface area contributed by atoms with Crippen molar-refractivity contribution in [2.24, 2.45) is 11.1 Å². The van der Waals surface area contributed by atoms with Gasteiger partial charge in [-0.25, -0.2) is 4.39 Å². The van der Waals surface area contributed by atoms with Crippen molar-refractivity contribution in [3.63, 3.8) is 0 Å². The first-order valence-corrected chi connectivity index (χ1v) is 12.9. The third kappa shape index (κ3) is 10.4. The lowest BCUT2D eigenvalue weighted by Crippen LogP contribution is -2.48. The minimum absolute atomic E-state index is 0.0568. The standard InChI is InChI=1S/C27H37FIN3O4/c1-26(2,3)16-22(24(33)31-21-12-9-18(29)15-20(21)28)32-25(34)23(30)17-7-10-19(11-8-17)35-13-14-36-27(4,5)6/h7-12,15,22-23H,13-14,16,30H2,1-6H3,(H,31,33)(H,32,34)/t22-,23+/m0/s1. The summed E-state index contributed by atoms with van der Waals surface area (Å²) in [6.45, 7) is 12.6. The Kier molecular flexibility index (Phi) is 10.7. The van der Waals surface area contributed by atoms with Gasteiger partial charge in [0, 0.05) is 3.57 Å². The van der Waals surface area contributed by atoms with Gasteiger partial charge in [0.05, 0.1) is 17.9 Å². The third-order valence-corrected chi connectivity index (χ3v) is 5.72. The topological polar surface area (TPSA) is 103 Å². The summed E-state index contributed by atoms with van der Waals surface area (Å²) in [6.07, 6.45) is 0.340. The lowest BCUT2D eigenvalue weighted by atomic mass is 9.87. The zero-order valence-corrected chi connectivity index (χ0v) is 23.9. The summed E-state index contributed by atoms with van der Waals surface area (Å²) >= 11 is 1.99. The number of amides is 2. The second-order valence-corrected chi connectivity index (χ2v) is 12.0. The van der Waals surface area contributed by atoms with Crippen LogP contribution in [-0.2, 0) is 14.3 Å². The van der Waals surface area contributed by atoms with Crippen LogP contribution in [0.4, 0.5) is 10.1 Å². The quantitative estimate of drug-likeness (QED) is 0.253. The Balaban J connectivity index is 2.03. The Morgan fingerprint density at radius 2 is 1.64 bits per heavy atom. The Hall–Kier alpha value is -2.24. The van der Waals surface area contributed by atoms with Crippen LogP contribution in [0.15, 0.2) is 42.5 Å². The minimum Gasteiger partial charge on any atom is -0.491 e. The number of benzene rings is 2. The Morgan fingerprint density at radius 1 is 1.00 bits per heavy atom. The Bertz CT molecular complexity index is 1030. The smallest absolute Gasteiger partial charge is 0.247 e. The van der Waals surface area contributed by atoms with E-state index in [0.717, 1.165) is 0 Å². The fourth-order valence-electron chi connectivity index (χ4n) is 3.32. The average molecular weight is 614 g/mol. The van der Waals surface area contributed by atoms with E-state index in [9.17, 15) is 14.0 Å². The highest BCUT2D eigenvalue weighted by Gasteiger charge is 2.29. The van der Waals surface area contributed by atoms with Crippen LogP contribution < -0.4 is 21.1 Å². The van der Waals surface area contributed by atoms with Gasteiger partial charge in [-0.2, -0.15) is 0 Å². The summed E-state index contributed by atoms with van der Waals surface area (Å²) in [7, 11) is 0. The molecule has 0 fully saturated rings. The number of ether oxygens (including phenoxy) is 2. The van der Waals surface area contributed by atoms with Crippen molar-refractivity contribution in [3.8, 4) is 5.75 Å². The molecule has 0 spiro atoms. The van der Waals surface area contributed by atoms with Gasteiger partial charge in [-0.15, -0.1) is 0 Å². The lowest BCUT2D eigenvalue weighted by Gasteiger charge is -2.27. The molecule has 0 aliphatic carbocycles. The van der Waals surface area contributed by atoms with Crippen LogP contribution in [-0.4, -0.2) is 36.7 Å². The Morgan fingerprint density at radius 3 is 2.19 bits per heavy atom. The van der Waals surface area contributed by atoms with Gasteiger partial charge in [0.15, 0.2) is 0 Å². The molecule has 2 aromatic rings. The summed E-state index contributed by atoms with van der Waals surface area (Å²) in [5.41, 5.74) is 6.32. The van der Waals surface area contributed by atoms with E-state index < -0.39 is 29.7 Å². The molecular weight excluding hydrogens is 576 g/mol. The monoisotopic (exact) mass is 613 g/mol. The van der Waals surface area contributed by atoms with Gasteiger partial charge in [0.1, 0.15) is 30.3 Å². The van der Waals surface area contributed by atoms with Crippen molar-refractivity contribution in [1.29, 1.82) is 0 Å². The first-order valence-electron chi connectivity index (χ1n) is 11.8. The average Bonchev–Trinajstić information content (AvgIpc) is 2.76. The molecule has 0 aliphatic heterocycles. The summed E-state index contributed by atoms with van der Waals surface area (Å²) in [5.74, 6) is -0.921. The number of carbonyl (C=O) groups excluding carboxylic acids is 2. The van der Waals surface area contributed by atoms with E-state index in [0.29, 0.717) is 34.5 Å². The summed E-state index contributed by atoms with van der Waals surface area (Å²) in [4.78, 5) is 26.0. The largest absolute Gasteiger partial charge is 0.491 e. The molecule has 9 heteroatoms. The molecule has 2 rings (SSSR count). The zero-order valence-electron chi connectivity index (χ0n) is 21.8. The van der Waals surface area contributed by atoms with Gasteiger partial charge >= 0.3 is 0 Å². The van der Waals surface area contributed by atoms with Crippen molar-refractivity contribution < 1.29 is 23.5 Å². The molecule has 0 unspecified atom stereocenters. The molecule has 198 valence electrons. The fraction of sp³-hybridized carbons (Fsp3) is 0.481. The molecule has 0 bridgehead atoms. The van der Waals surface area contributed by atoms with Gasteiger partial charge in [0.25, 0.3) is 0 Å². The van der Waals surface area contributed by atoms with Crippen LogP contribution in [0.25, 0.3) is 0 Å². The number of nitrogens with one attached hydrogen (secondary N) is 2. The maximum Gasteiger partial charge on any atom is 0.247 e. The highest BCUT2D eigenvalue weighted by Crippen LogP contribution is 2.24. The highest BCUT2D eigenvalue weighted by molar-refractivity contribution is 14.1. The molecule has 0 saturated heterocycles. The second kappa shape index (κ2) is 12.8. The number of anilines is 1. The van der Waals surface area contributed by atoms with Crippen LogP contribution in [0.3, 0.4) is 0 Å². The number of rotatable bonds is 10.